The molecule has 1 heterocycles. The maximum Gasteiger partial charge on any atom is 0.214 e. The van der Waals surface area contributed by atoms with E-state index in [1.165, 1.54) is 17.4 Å². The van der Waals surface area contributed by atoms with Crippen LogP contribution in [0.5, 0.6) is 0 Å². The van der Waals surface area contributed by atoms with Crippen LogP contribution in [0.4, 0.5) is 10.2 Å². The summed E-state index contributed by atoms with van der Waals surface area (Å²) in [6.07, 6.45) is 1.79. The second-order valence-corrected chi connectivity index (χ2v) is 5.80. The van der Waals surface area contributed by atoms with Crippen molar-refractivity contribution < 1.29 is 12.8 Å². The SMILES string of the molecule is CN(CCCNc1cccc(F)n1)S(C)(=O)=O. The van der Waals surface area contributed by atoms with E-state index >= 15 is 0 Å². The van der Waals surface area contributed by atoms with E-state index < -0.39 is 16.0 Å². The van der Waals surface area contributed by atoms with Crippen molar-refractivity contribution in [3.8, 4) is 0 Å². The Kier molecular flexibility index (Phi) is 4.83. The molecule has 0 aliphatic heterocycles. The summed E-state index contributed by atoms with van der Waals surface area (Å²) in [7, 11) is -1.60. The Morgan fingerprint density at radius 3 is 2.76 bits per heavy atom. The van der Waals surface area contributed by atoms with E-state index in [2.05, 4.69) is 10.3 Å². The predicted molar refractivity (Wildman–Crippen MR) is 64.8 cm³/mol. The summed E-state index contributed by atoms with van der Waals surface area (Å²) in [6, 6.07) is 4.49. The normalized spacial score (nSPS) is 11.8. The number of sulfonamides is 1. The lowest BCUT2D eigenvalue weighted by Crippen LogP contribution is -2.27. The first-order chi connectivity index (χ1) is 7.89. The molecule has 0 spiro atoms. The second-order valence-electron chi connectivity index (χ2n) is 3.71. The van der Waals surface area contributed by atoms with Crippen molar-refractivity contribution in [2.24, 2.45) is 0 Å². The van der Waals surface area contributed by atoms with Crippen LogP contribution in [0.25, 0.3) is 0 Å². The van der Waals surface area contributed by atoms with Crippen LogP contribution in [0.15, 0.2) is 18.2 Å². The smallest absolute Gasteiger partial charge is 0.214 e. The van der Waals surface area contributed by atoms with E-state index in [9.17, 15) is 12.8 Å². The highest BCUT2D eigenvalue weighted by atomic mass is 32.2. The molecular weight excluding hydrogens is 245 g/mol. The van der Waals surface area contributed by atoms with Gasteiger partial charge >= 0.3 is 0 Å². The van der Waals surface area contributed by atoms with Gasteiger partial charge in [-0.25, -0.2) is 17.7 Å². The number of rotatable bonds is 6. The summed E-state index contributed by atoms with van der Waals surface area (Å²) in [5.74, 6) is -0.0877. The maximum atomic E-state index is 12.7. The van der Waals surface area contributed by atoms with Crippen LogP contribution in [0.3, 0.4) is 0 Å². The van der Waals surface area contributed by atoms with Gasteiger partial charge in [-0.15, -0.1) is 0 Å². The molecule has 96 valence electrons. The molecule has 0 aliphatic rings. The van der Waals surface area contributed by atoms with Crippen LogP contribution < -0.4 is 5.32 Å². The Balaban J connectivity index is 2.30. The van der Waals surface area contributed by atoms with Crippen molar-refractivity contribution in [1.82, 2.24) is 9.29 Å². The quantitative estimate of drug-likeness (QED) is 0.611. The average Bonchev–Trinajstić information content (AvgIpc) is 2.23. The Bertz CT molecular complexity index is 464. The number of hydrogen-bond acceptors (Lipinski definition) is 4. The summed E-state index contributed by atoms with van der Waals surface area (Å²) in [5, 5.41) is 2.92. The van der Waals surface area contributed by atoms with Gasteiger partial charge in [0.05, 0.1) is 6.26 Å². The van der Waals surface area contributed by atoms with Gasteiger partial charge in [-0.05, 0) is 18.6 Å². The van der Waals surface area contributed by atoms with Crippen molar-refractivity contribution >= 4 is 15.8 Å². The molecule has 1 rings (SSSR count). The number of nitrogens with zero attached hydrogens (tertiary/aromatic N) is 2. The highest BCUT2D eigenvalue weighted by molar-refractivity contribution is 7.88. The molecule has 5 nitrogen and oxygen atoms in total. The lowest BCUT2D eigenvalue weighted by molar-refractivity contribution is 0.470. The van der Waals surface area contributed by atoms with E-state index in [-0.39, 0.29) is 0 Å². The summed E-state index contributed by atoms with van der Waals surface area (Å²) < 4.78 is 36.2. The molecular formula is C10H16FN3O2S. The fraction of sp³-hybridized carbons (Fsp3) is 0.500. The molecule has 0 aliphatic carbocycles. The molecule has 1 aromatic heterocycles. The van der Waals surface area contributed by atoms with Crippen LogP contribution in [-0.2, 0) is 10.0 Å². The molecule has 0 aromatic carbocycles. The van der Waals surface area contributed by atoms with Gasteiger partial charge in [0.15, 0.2) is 0 Å². The van der Waals surface area contributed by atoms with Crippen LogP contribution in [0.1, 0.15) is 6.42 Å². The number of aromatic nitrogens is 1. The minimum Gasteiger partial charge on any atom is -0.370 e. The lowest BCUT2D eigenvalue weighted by Gasteiger charge is -2.13. The largest absolute Gasteiger partial charge is 0.370 e. The topological polar surface area (TPSA) is 62.3 Å². The minimum atomic E-state index is -3.12. The van der Waals surface area contributed by atoms with Crippen LogP contribution in [0.2, 0.25) is 0 Å². The van der Waals surface area contributed by atoms with Gasteiger partial charge in [0, 0.05) is 20.1 Å². The highest BCUT2D eigenvalue weighted by Crippen LogP contribution is 2.03. The predicted octanol–water partition coefficient (Wildman–Crippen LogP) is 0.914. The molecule has 1 N–H and O–H groups in total. The van der Waals surface area contributed by atoms with E-state index in [0.717, 1.165) is 6.26 Å². The second kappa shape index (κ2) is 5.92. The van der Waals surface area contributed by atoms with Crippen LogP contribution in [-0.4, -0.2) is 44.1 Å². The number of halogens is 1. The molecule has 17 heavy (non-hydrogen) atoms. The first kappa shape index (κ1) is 13.9. The summed E-state index contributed by atoms with van der Waals surface area (Å²) in [4.78, 5) is 3.63. The standard InChI is InChI=1S/C10H16FN3O2S/c1-14(17(2,15)16)8-4-7-12-10-6-3-5-9(11)13-10/h3,5-6H,4,7-8H2,1-2H3,(H,12,13). The molecule has 1 aromatic rings. The molecule has 0 saturated heterocycles. The molecule has 0 bridgehead atoms. The molecule has 0 fully saturated rings. The monoisotopic (exact) mass is 261 g/mol. The van der Waals surface area contributed by atoms with Crippen molar-refractivity contribution in [1.29, 1.82) is 0 Å². The van der Waals surface area contributed by atoms with Gasteiger partial charge in [-0.1, -0.05) is 6.07 Å². The maximum absolute atomic E-state index is 12.7. The summed E-state index contributed by atoms with van der Waals surface area (Å²) in [5.41, 5.74) is 0. The first-order valence-corrected chi connectivity index (χ1v) is 7.02. The van der Waals surface area contributed by atoms with E-state index in [1.54, 1.807) is 12.1 Å². The lowest BCUT2D eigenvalue weighted by atomic mass is 10.4. The molecule has 7 heteroatoms. The van der Waals surface area contributed by atoms with E-state index in [0.29, 0.717) is 25.3 Å². The van der Waals surface area contributed by atoms with Gasteiger partial charge in [0.1, 0.15) is 5.82 Å². The fourth-order valence-electron chi connectivity index (χ4n) is 1.19. The Morgan fingerprint density at radius 1 is 1.47 bits per heavy atom. The van der Waals surface area contributed by atoms with E-state index in [4.69, 9.17) is 0 Å². The van der Waals surface area contributed by atoms with Gasteiger partial charge in [-0.2, -0.15) is 4.39 Å². The summed E-state index contributed by atoms with van der Waals surface area (Å²) >= 11 is 0. The Hall–Kier alpha value is -1.21. The highest BCUT2D eigenvalue weighted by Gasteiger charge is 2.09. The van der Waals surface area contributed by atoms with Crippen molar-refractivity contribution in [3.63, 3.8) is 0 Å². The van der Waals surface area contributed by atoms with Crippen molar-refractivity contribution in [3.05, 3.63) is 24.1 Å². The number of nitrogens with one attached hydrogen (secondary N) is 1. The third-order valence-corrected chi connectivity index (χ3v) is 3.55. The number of pyridine rings is 1. The molecule has 0 amide bonds. The summed E-state index contributed by atoms with van der Waals surface area (Å²) in [6.45, 7) is 0.956. The van der Waals surface area contributed by atoms with Crippen molar-refractivity contribution in [2.45, 2.75) is 6.42 Å². The van der Waals surface area contributed by atoms with Crippen LogP contribution in [0, 0.1) is 5.95 Å². The van der Waals surface area contributed by atoms with E-state index in [1.807, 2.05) is 0 Å². The van der Waals surface area contributed by atoms with Gasteiger partial charge < -0.3 is 5.32 Å². The zero-order valence-corrected chi connectivity index (χ0v) is 10.7. The average molecular weight is 261 g/mol. The number of hydrogen-bond donors (Lipinski definition) is 1. The van der Waals surface area contributed by atoms with Crippen LogP contribution >= 0.6 is 0 Å². The minimum absolute atomic E-state index is 0.418. The molecule has 0 atom stereocenters. The zero-order chi connectivity index (χ0) is 12.9. The Morgan fingerprint density at radius 2 is 2.18 bits per heavy atom. The van der Waals surface area contributed by atoms with Gasteiger partial charge in [0.25, 0.3) is 0 Å². The molecule has 0 saturated carbocycles. The third-order valence-electron chi connectivity index (χ3n) is 2.24. The van der Waals surface area contributed by atoms with Gasteiger partial charge in [0.2, 0.25) is 16.0 Å². The fourth-order valence-corrected chi connectivity index (χ4v) is 1.65. The van der Waals surface area contributed by atoms with Crippen molar-refractivity contribution in [2.75, 3.05) is 31.7 Å². The number of anilines is 1. The Labute approximate surface area is 101 Å². The molecule has 0 unspecified atom stereocenters. The zero-order valence-electron chi connectivity index (χ0n) is 9.85. The first-order valence-electron chi connectivity index (χ1n) is 5.17. The third kappa shape index (κ3) is 5.10. The molecule has 0 radical (unpaired) electrons. The van der Waals surface area contributed by atoms with Gasteiger partial charge in [-0.3, -0.25) is 0 Å².